The van der Waals surface area contributed by atoms with Gasteiger partial charge in [0.1, 0.15) is 5.75 Å². The fourth-order valence-corrected chi connectivity index (χ4v) is 3.56. The van der Waals surface area contributed by atoms with Gasteiger partial charge >= 0.3 is 0 Å². The lowest BCUT2D eigenvalue weighted by atomic mass is 10.1. The van der Waals surface area contributed by atoms with Crippen molar-refractivity contribution in [3.8, 4) is 34.5 Å². The molecule has 0 atom stereocenters. The van der Waals surface area contributed by atoms with Gasteiger partial charge in [0.25, 0.3) is 5.22 Å². The van der Waals surface area contributed by atoms with E-state index in [1.165, 1.54) is 11.8 Å². The van der Waals surface area contributed by atoms with Crippen LogP contribution in [0.1, 0.15) is 31.1 Å². The molecule has 0 spiro atoms. The van der Waals surface area contributed by atoms with E-state index in [1.54, 1.807) is 43.5 Å². The Morgan fingerprint density at radius 3 is 2.28 bits per heavy atom. The molecule has 0 aliphatic carbocycles. The summed E-state index contributed by atoms with van der Waals surface area (Å²) < 4.78 is 28.1. The Hall–Kier alpha value is -3.20. The van der Waals surface area contributed by atoms with Gasteiger partial charge in [-0.1, -0.05) is 23.9 Å². The Kier molecular flexibility index (Phi) is 8.38. The van der Waals surface area contributed by atoms with E-state index >= 15 is 0 Å². The van der Waals surface area contributed by atoms with Crippen LogP contribution in [-0.2, 0) is 0 Å². The predicted molar refractivity (Wildman–Crippen MR) is 121 cm³/mol. The average molecular weight is 459 g/mol. The summed E-state index contributed by atoms with van der Waals surface area (Å²) in [7, 11) is 1.56. The van der Waals surface area contributed by atoms with Crippen LogP contribution < -0.4 is 18.9 Å². The molecule has 3 rings (SSSR count). The Balaban J connectivity index is 1.78. The highest BCUT2D eigenvalue weighted by atomic mass is 32.2. The first-order chi connectivity index (χ1) is 15.6. The van der Waals surface area contributed by atoms with Gasteiger partial charge in [-0.15, -0.1) is 10.2 Å². The number of carbonyl (C=O) groups is 1. The first kappa shape index (κ1) is 23.5. The van der Waals surface area contributed by atoms with Crippen LogP contribution in [0.2, 0.25) is 0 Å². The number of ether oxygens (including phenoxy) is 4. The van der Waals surface area contributed by atoms with E-state index in [1.807, 2.05) is 20.8 Å². The molecule has 0 unspecified atom stereocenters. The van der Waals surface area contributed by atoms with Crippen molar-refractivity contribution in [2.75, 3.05) is 32.7 Å². The number of rotatable bonds is 12. The van der Waals surface area contributed by atoms with E-state index in [4.69, 9.17) is 23.4 Å². The molecule has 0 N–H and O–H groups in total. The smallest absolute Gasteiger partial charge is 0.277 e. The molecule has 0 bridgehead atoms. The van der Waals surface area contributed by atoms with Gasteiger partial charge in [0.05, 0.1) is 32.7 Å². The molecular weight excluding hydrogens is 432 g/mol. The molecule has 0 aliphatic heterocycles. The monoisotopic (exact) mass is 458 g/mol. The highest BCUT2D eigenvalue weighted by Gasteiger charge is 2.19. The fraction of sp³-hybridized carbons (Fsp3) is 0.348. The molecule has 0 saturated carbocycles. The molecule has 9 heteroatoms. The molecule has 8 nitrogen and oxygen atoms in total. The lowest BCUT2D eigenvalue weighted by Gasteiger charge is -2.16. The first-order valence-corrected chi connectivity index (χ1v) is 11.3. The van der Waals surface area contributed by atoms with Gasteiger partial charge in [-0.2, -0.15) is 0 Å². The average Bonchev–Trinajstić information content (AvgIpc) is 3.29. The Bertz CT molecular complexity index is 1030. The Labute approximate surface area is 191 Å². The van der Waals surface area contributed by atoms with Crippen LogP contribution in [0, 0.1) is 0 Å². The van der Waals surface area contributed by atoms with Crippen molar-refractivity contribution in [1.82, 2.24) is 10.2 Å². The van der Waals surface area contributed by atoms with Gasteiger partial charge in [-0.05, 0) is 45.0 Å². The lowest BCUT2D eigenvalue weighted by Crippen LogP contribution is -2.03. The Morgan fingerprint density at radius 1 is 0.969 bits per heavy atom. The normalized spacial score (nSPS) is 10.6. The van der Waals surface area contributed by atoms with Crippen molar-refractivity contribution < 1.29 is 28.2 Å². The molecular formula is C23H26N2O6S. The van der Waals surface area contributed by atoms with E-state index < -0.39 is 0 Å². The molecule has 2 aromatic carbocycles. The van der Waals surface area contributed by atoms with Crippen LogP contribution in [0.4, 0.5) is 0 Å². The van der Waals surface area contributed by atoms with Crippen molar-refractivity contribution in [3.63, 3.8) is 0 Å². The van der Waals surface area contributed by atoms with Crippen LogP contribution in [0.5, 0.6) is 23.0 Å². The summed E-state index contributed by atoms with van der Waals surface area (Å²) in [5, 5.41) is 8.47. The molecule has 0 saturated heterocycles. The predicted octanol–water partition coefficient (Wildman–Crippen LogP) is 4.92. The van der Waals surface area contributed by atoms with Crippen molar-refractivity contribution in [2.45, 2.75) is 26.0 Å². The lowest BCUT2D eigenvalue weighted by molar-refractivity contribution is 0.102. The summed E-state index contributed by atoms with van der Waals surface area (Å²) in [5.41, 5.74) is 1.20. The number of thioether (sulfide) groups is 1. The quantitative estimate of drug-likeness (QED) is 0.277. The number of Topliss-reactive ketones (excluding diaryl/α,β-unsaturated/α-hetero) is 1. The third-order valence-corrected chi connectivity index (χ3v) is 5.10. The van der Waals surface area contributed by atoms with Crippen molar-refractivity contribution >= 4 is 17.5 Å². The number of aromatic nitrogens is 2. The van der Waals surface area contributed by atoms with E-state index in [0.717, 1.165) is 0 Å². The minimum absolute atomic E-state index is 0.0630. The van der Waals surface area contributed by atoms with Gasteiger partial charge in [-0.25, -0.2) is 0 Å². The number of benzene rings is 2. The maximum absolute atomic E-state index is 12.5. The number of hydrogen-bond donors (Lipinski definition) is 0. The van der Waals surface area contributed by atoms with E-state index in [9.17, 15) is 4.79 Å². The van der Waals surface area contributed by atoms with Crippen molar-refractivity contribution in [1.29, 1.82) is 0 Å². The second kappa shape index (κ2) is 11.4. The minimum atomic E-state index is -0.0630. The summed E-state index contributed by atoms with van der Waals surface area (Å²) >= 11 is 1.17. The molecule has 0 radical (unpaired) electrons. The van der Waals surface area contributed by atoms with Gasteiger partial charge in [0.15, 0.2) is 17.3 Å². The summed E-state index contributed by atoms with van der Waals surface area (Å²) in [4.78, 5) is 12.5. The van der Waals surface area contributed by atoms with E-state index in [2.05, 4.69) is 10.2 Å². The van der Waals surface area contributed by atoms with Crippen LogP contribution in [0.25, 0.3) is 11.5 Å². The summed E-state index contributed by atoms with van der Waals surface area (Å²) in [6, 6.07) is 10.6. The molecule has 0 aliphatic rings. The van der Waals surface area contributed by atoms with Gasteiger partial charge < -0.3 is 23.4 Å². The molecule has 0 fully saturated rings. The standard InChI is InChI=1S/C23H26N2O6S/c1-5-28-19-12-16(13-20(29-6-2)21(19)30-7-3)22-24-25-23(31-22)32-14-18(26)15-9-8-10-17(11-15)27-4/h8-13H,5-7,14H2,1-4H3. The molecule has 1 heterocycles. The zero-order valence-electron chi connectivity index (χ0n) is 18.5. The SMILES string of the molecule is CCOc1cc(-c2nnc(SCC(=O)c3cccc(OC)c3)o2)cc(OCC)c1OCC. The number of methoxy groups -OCH3 is 1. The van der Waals surface area contributed by atoms with Gasteiger partial charge in [0, 0.05) is 11.1 Å². The summed E-state index contributed by atoms with van der Waals surface area (Å²) in [6.07, 6.45) is 0. The van der Waals surface area contributed by atoms with Crippen LogP contribution in [0.15, 0.2) is 46.0 Å². The Morgan fingerprint density at radius 2 is 1.66 bits per heavy atom. The molecule has 1 aromatic heterocycles. The summed E-state index contributed by atoms with van der Waals surface area (Å²) in [6.45, 7) is 7.09. The molecule has 170 valence electrons. The molecule has 3 aromatic rings. The number of carbonyl (C=O) groups excluding carboxylic acids is 1. The third-order valence-electron chi connectivity index (χ3n) is 4.28. The van der Waals surface area contributed by atoms with Crippen LogP contribution in [0.3, 0.4) is 0 Å². The van der Waals surface area contributed by atoms with Crippen molar-refractivity contribution in [2.24, 2.45) is 0 Å². The first-order valence-electron chi connectivity index (χ1n) is 10.3. The third kappa shape index (κ3) is 5.73. The number of ketones is 1. The second-order valence-corrected chi connectivity index (χ2v) is 7.34. The maximum Gasteiger partial charge on any atom is 0.277 e. The second-order valence-electron chi connectivity index (χ2n) is 6.42. The minimum Gasteiger partial charge on any atom is -0.497 e. The van der Waals surface area contributed by atoms with Gasteiger partial charge in [0.2, 0.25) is 11.6 Å². The zero-order valence-corrected chi connectivity index (χ0v) is 19.4. The van der Waals surface area contributed by atoms with Crippen molar-refractivity contribution in [3.05, 3.63) is 42.0 Å². The maximum atomic E-state index is 12.5. The topological polar surface area (TPSA) is 92.9 Å². The summed E-state index contributed by atoms with van der Waals surface area (Å²) in [5.74, 6) is 2.64. The fourth-order valence-electron chi connectivity index (χ4n) is 2.90. The molecule has 0 amide bonds. The molecule has 32 heavy (non-hydrogen) atoms. The van der Waals surface area contributed by atoms with E-state index in [-0.39, 0.29) is 11.5 Å². The number of hydrogen-bond acceptors (Lipinski definition) is 9. The number of nitrogens with zero attached hydrogens (tertiary/aromatic N) is 2. The highest BCUT2D eigenvalue weighted by molar-refractivity contribution is 7.99. The van der Waals surface area contributed by atoms with E-state index in [0.29, 0.717) is 65.1 Å². The van der Waals surface area contributed by atoms with Crippen LogP contribution in [-0.4, -0.2) is 48.7 Å². The van der Waals surface area contributed by atoms with Crippen LogP contribution >= 0.6 is 11.8 Å². The zero-order chi connectivity index (χ0) is 22.9. The largest absolute Gasteiger partial charge is 0.497 e. The highest BCUT2D eigenvalue weighted by Crippen LogP contribution is 2.42. The van der Waals surface area contributed by atoms with Gasteiger partial charge in [-0.3, -0.25) is 4.79 Å².